The van der Waals surface area contributed by atoms with E-state index in [0.29, 0.717) is 34.9 Å². The second kappa shape index (κ2) is 9.26. The fraction of sp³-hybridized carbons (Fsp3) is 0.304. The Morgan fingerprint density at radius 1 is 1.18 bits per heavy atom. The summed E-state index contributed by atoms with van der Waals surface area (Å²) < 4.78 is 36.9. The molecule has 0 aliphatic rings. The van der Waals surface area contributed by atoms with Gasteiger partial charge in [-0.15, -0.1) is 0 Å². The van der Waals surface area contributed by atoms with Gasteiger partial charge in [0.2, 0.25) is 0 Å². The van der Waals surface area contributed by atoms with Gasteiger partial charge in [0.25, 0.3) is 5.88 Å². The first-order valence-corrected chi connectivity index (χ1v) is 12.7. The van der Waals surface area contributed by atoms with Gasteiger partial charge < -0.3 is 14.5 Å². The van der Waals surface area contributed by atoms with E-state index in [1.807, 2.05) is 25.1 Å². The van der Waals surface area contributed by atoms with E-state index in [9.17, 15) is 13.2 Å². The van der Waals surface area contributed by atoms with Gasteiger partial charge in [-0.3, -0.25) is 9.55 Å². The molecule has 0 saturated heterocycles. The molecule has 0 bridgehead atoms. The molecule has 0 fully saturated rings. The standard InChI is InChI=1S/C23H25N5O5S/c1-5-33-22-19(32-3)10-9-17(26-22)18(13-34(4,30)31)28-21-20(27-23(28)29)14(2)15(12-25-21)16-8-6-7-11-24-16/h6-12,18H,5,13H2,1-4H3,(H,27,29)/t18-/m1/s1. The third-order valence-corrected chi connectivity index (χ3v) is 6.32. The lowest BCUT2D eigenvalue weighted by atomic mass is 10.1. The van der Waals surface area contributed by atoms with E-state index in [1.165, 1.54) is 11.7 Å². The molecule has 0 spiro atoms. The molecule has 4 heterocycles. The van der Waals surface area contributed by atoms with E-state index < -0.39 is 21.6 Å². The van der Waals surface area contributed by atoms with E-state index >= 15 is 0 Å². The minimum Gasteiger partial charge on any atom is -0.491 e. The number of ether oxygens (including phenoxy) is 2. The number of aryl methyl sites for hydroxylation is 1. The van der Waals surface area contributed by atoms with Crippen molar-refractivity contribution in [2.75, 3.05) is 25.7 Å². The summed E-state index contributed by atoms with van der Waals surface area (Å²) in [6, 6.07) is 7.87. The van der Waals surface area contributed by atoms with Gasteiger partial charge in [0.15, 0.2) is 11.4 Å². The van der Waals surface area contributed by atoms with E-state index in [0.717, 1.165) is 17.4 Å². The Bertz CT molecular complexity index is 1500. The second-order valence-corrected chi connectivity index (χ2v) is 9.98. The third kappa shape index (κ3) is 4.51. The quantitative estimate of drug-likeness (QED) is 0.405. The van der Waals surface area contributed by atoms with Crippen molar-refractivity contribution in [3.8, 4) is 22.9 Å². The van der Waals surface area contributed by atoms with Crippen LogP contribution in [0.25, 0.3) is 22.4 Å². The number of imidazole rings is 1. The van der Waals surface area contributed by atoms with Crippen molar-refractivity contribution in [1.29, 1.82) is 0 Å². The Morgan fingerprint density at radius 2 is 1.97 bits per heavy atom. The average Bonchev–Trinajstić information content (AvgIpc) is 3.14. The summed E-state index contributed by atoms with van der Waals surface area (Å²) in [6.45, 7) is 4.00. The summed E-state index contributed by atoms with van der Waals surface area (Å²) in [5.74, 6) is 0.271. The van der Waals surface area contributed by atoms with E-state index in [1.54, 1.807) is 31.5 Å². The zero-order valence-corrected chi connectivity index (χ0v) is 20.1. The molecule has 0 aromatic carbocycles. The highest BCUT2D eigenvalue weighted by Gasteiger charge is 2.27. The van der Waals surface area contributed by atoms with Crippen molar-refractivity contribution >= 4 is 21.0 Å². The maximum atomic E-state index is 13.1. The van der Waals surface area contributed by atoms with Crippen molar-refractivity contribution in [3.63, 3.8) is 0 Å². The van der Waals surface area contributed by atoms with Crippen LogP contribution in [0.15, 0.2) is 47.5 Å². The SMILES string of the molecule is CCOc1nc([C@@H](CS(C)(=O)=O)n2c(=O)[nH]c3c(C)c(-c4ccccn4)cnc32)ccc1OC. The Labute approximate surface area is 196 Å². The van der Waals surface area contributed by atoms with Crippen molar-refractivity contribution in [2.45, 2.75) is 19.9 Å². The number of methoxy groups -OCH3 is 1. The average molecular weight is 484 g/mol. The molecule has 0 aliphatic carbocycles. The Balaban J connectivity index is 1.92. The van der Waals surface area contributed by atoms with Crippen molar-refractivity contribution in [1.82, 2.24) is 24.5 Å². The van der Waals surface area contributed by atoms with E-state index in [4.69, 9.17) is 9.47 Å². The number of aromatic nitrogens is 5. The number of pyridine rings is 3. The topological polar surface area (TPSA) is 129 Å². The largest absolute Gasteiger partial charge is 0.491 e. The van der Waals surface area contributed by atoms with Gasteiger partial charge in [-0.2, -0.15) is 0 Å². The smallest absolute Gasteiger partial charge is 0.328 e. The van der Waals surface area contributed by atoms with Gasteiger partial charge in [-0.1, -0.05) is 6.07 Å². The molecule has 1 atom stereocenters. The van der Waals surface area contributed by atoms with Crippen LogP contribution >= 0.6 is 0 Å². The molecule has 10 nitrogen and oxygen atoms in total. The number of hydrogen-bond donors (Lipinski definition) is 1. The van der Waals surface area contributed by atoms with Crippen molar-refractivity contribution in [2.24, 2.45) is 0 Å². The van der Waals surface area contributed by atoms with Crippen LogP contribution in [0.4, 0.5) is 0 Å². The molecule has 1 N–H and O–H groups in total. The molecule has 4 aromatic rings. The third-order valence-electron chi connectivity index (χ3n) is 5.40. The minimum atomic E-state index is -3.51. The first kappa shape index (κ1) is 23.4. The second-order valence-electron chi connectivity index (χ2n) is 7.80. The number of sulfone groups is 1. The summed E-state index contributed by atoms with van der Waals surface area (Å²) in [5, 5.41) is 0. The summed E-state index contributed by atoms with van der Waals surface area (Å²) in [6.07, 6.45) is 4.43. The molecule has 0 radical (unpaired) electrons. The molecule has 178 valence electrons. The van der Waals surface area contributed by atoms with E-state index in [2.05, 4.69) is 19.9 Å². The fourth-order valence-electron chi connectivity index (χ4n) is 3.86. The highest BCUT2D eigenvalue weighted by Crippen LogP contribution is 2.31. The predicted octanol–water partition coefficient (Wildman–Crippen LogP) is 2.53. The normalized spacial score (nSPS) is 12.6. The van der Waals surface area contributed by atoms with Crippen LogP contribution in [0.3, 0.4) is 0 Å². The van der Waals surface area contributed by atoms with Crippen LogP contribution in [-0.2, 0) is 9.84 Å². The molecule has 0 saturated carbocycles. The number of H-pyrrole nitrogens is 1. The monoisotopic (exact) mass is 483 g/mol. The molecule has 34 heavy (non-hydrogen) atoms. The van der Waals surface area contributed by atoms with E-state index in [-0.39, 0.29) is 11.6 Å². The molecule has 0 aliphatic heterocycles. The van der Waals surface area contributed by atoms with Crippen LogP contribution < -0.4 is 15.2 Å². The van der Waals surface area contributed by atoms with Crippen LogP contribution in [-0.4, -0.2) is 58.6 Å². The molecule has 4 rings (SSSR count). The minimum absolute atomic E-state index is 0.218. The number of nitrogens with one attached hydrogen (secondary N) is 1. The number of aromatic amines is 1. The van der Waals surface area contributed by atoms with Crippen molar-refractivity contribution in [3.05, 3.63) is 64.5 Å². The zero-order valence-electron chi connectivity index (χ0n) is 19.3. The van der Waals surface area contributed by atoms with Crippen LogP contribution in [0.1, 0.15) is 24.2 Å². The highest BCUT2D eigenvalue weighted by atomic mass is 32.2. The maximum Gasteiger partial charge on any atom is 0.328 e. The zero-order chi connectivity index (χ0) is 24.5. The van der Waals surface area contributed by atoms with Crippen LogP contribution in [0, 0.1) is 6.92 Å². The first-order chi connectivity index (χ1) is 16.2. The molecule has 0 unspecified atom stereocenters. The Morgan fingerprint density at radius 3 is 2.62 bits per heavy atom. The fourth-order valence-corrected chi connectivity index (χ4v) is 4.75. The van der Waals surface area contributed by atoms with Gasteiger partial charge >= 0.3 is 5.69 Å². The lowest BCUT2D eigenvalue weighted by molar-refractivity contribution is 0.296. The number of rotatable bonds is 8. The summed E-state index contributed by atoms with van der Waals surface area (Å²) in [7, 11) is -2.02. The lowest BCUT2D eigenvalue weighted by Gasteiger charge is -2.19. The molecular weight excluding hydrogens is 458 g/mol. The molecular formula is C23H25N5O5S. The lowest BCUT2D eigenvalue weighted by Crippen LogP contribution is -2.29. The first-order valence-electron chi connectivity index (χ1n) is 10.6. The summed E-state index contributed by atoms with van der Waals surface area (Å²) in [5.41, 5.74) is 2.93. The Hall–Kier alpha value is -3.73. The van der Waals surface area contributed by atoms with Gasteiger partial charge in [-0.25, -0.2) is 23.2 Å². The maximum absolute atomic E-state index is 13.1. The summed E-state index contributed by atoms with van der Waals surface area (Å²) >= 11 is 0. The van der Waals surface area contributed by atoms with Gasteiger partial charge in [0.1, 0.15) is 9.84 Å². The molecule has 4 aromatic heterocycles. The molecule has 0 amide bonds. The highest BCUT2D eigenvalue weighted by molar-refractivity contribution is 7.90. The summed E-state index contributed by atoms with van der Waals surface area (Å²) in [4.78, 5) is 29.4. The number of nitrogens with zero attached hydrogens (tertiary/aromatic N) is 4. The predicted molar refractivity (Wildman–Crippen MR) is 128 cm³/mol. The Kier molecular flexibility index (Phi) is 6.38. The van der Waals surface area contributed by atoms with Gasteiger partial charge in [0.05, 0.1) is 42.4 Å². The molecule has 11 heteroatoms. The van der Waals surface area contributed by atoms with Gasteiger partial charge in [-0.05, 0) is 43.7 Å². The number of hydrogen-bond acceptors (Lipinski definition) is 8. The van der Waals surface area contributed by atoms with Crippen molar-refractivity contribution < 1.29 is 17.9 Å². The number of fused-ring (bicyclic) bond motifs is 1. The van der Waals surface area contributed by atoms with Crippen LogP contribution in [0.2, 0.25) is 0 Å². The van der Waals surface area contributed by atoms with Gasteiger partial charge in [0, 0.05) is 24.2 Å². The van der Waals surface area contributed by atoms with Crippen LogP contribution in [0.5, 0.6) is 11.6 Å².